The lowest BCUT2D eigenvalue weighted by Gasteiger charge is -2.14. The first kappa shape index (κ1) is 15.3. The quantitative estimate of drug-likeness (QED) is 0.645. The van der Waals surface area contributed by atoms with Gasteiger partial charge < -0.3 is 20.5 Å². The number of alkyl halides is 2. The van der Waals surface area contributed by atoms with Crippen molar-refractivity contribution in [2.45, 2.75) is 19.8 Å². The van der Waals surface area contributed by atoms with E-state index in [-0.39, 0.29) is 17.9 Å². The first-order valence-electron chi connectivity index (χ1n) is 5.86. The molecule has 0 aliphatic rings. The Hall–Kier alpha value is -1.77. The van der Waals surface area contributed by atoms with Gasteiger partial charge in [0, 0.05) is 6.54 Å². The van der Waals surface area contributed by atoms with E-state index in [0.29, 0.717) is 13.2 Å². The van der Waals surface area contributed by atoms with Gasteiger partial charge in [0.25, 0.3) is 5.92 Å². The summed E-state index contributed by atoms with van der Waals surface area (Å²) in [4.78, 5) is 11.7. The van der Waals surface area contributed by atoms with Gasteiger partial charge in [0.15, 0.2) is 0 Å². The van der Waals surface area contributed by atoms with E-state index in [0.717, 1.165) is 0 Å². The van der Waals surface area contributed by atoms with Crippen LogP contribution < -0.4 is 15.4 Å². The zero-order valence-electron chi connectivity index (χ0n) is 10.8. The van der Waals surface area contributed by atoms with Crippen LogP contribution in [0.2, 0.25) is 0 Å². The van der Waals surface area contributed by atoms with Crippen molar-refractivity contribution in [2.24, 2.45) is 0 Å². The van der Waals surface area contributed by atoms with Crippen LogP contribution in [0, 0.1) is 0 Å². The number of nitrogens with one attached hydrogen (secondary N) is 2. The largest absolute Gasteiger partial charge is 0.464 e. The first-order valence-corrected chi connectivity index (χ1v) is 5.86. The summed E-state index contributed by atoms with van der Waals surface area (Å²) >= 11 is 0. The SMILES string of the molecule is CCNc1nc(NCC(F)(F)CO)nc(OCC)n1. The average Bonchev–Trinajstić information content (AvgIpc) is 2.37. The number of aliphatic hydroxyl groups excluding tert-OH is 1. The van der Waals surface area contributed by atoms with Gasteiger partial charge in [-0.1, -0.05) is 0 Å². The summed E-state index contributed by atoms with van der Waals surface area (Å²) in [7, 11) is 0. The summed E-state index contributed by atoms with van der Waals surface area (Å²) in [6, 6.07) is 0.0447. The third kappa shape index (κ3) is 5.16. The summed E-state index contributed by atoms with van der Waals surface area (Å²) in [6.07, 6.45) is 0. The van der Waals surface area contributed by atoms with Crippen molar-refractivity contribution >= 4 is 11.9 Å². The fourth-order valence-corrected chi connectivity index (χ4v) is 1.13. The number of ether oxygens (including phenoxy) is 1. The second-order valence-electron chi connectivity index (χ2n) is 3.60. The topological polar surface area (TPSA) is 92.2 Å². The molecule has 1 rings (SSSR count). The molecule has 0 aliphatic carbocycles. The Bertz CT molecular complexity index is 381. The zero-order chi connectivity index (χ0) is 14.3. The van der Waals surface area contributed by atoms with E-state index >= 15 is 0 Å². The highest BCUT2D eigenvalue weighted by molar-refractivity contribution is 5.35. The molecule has 0 aromatic carbocycles. The van der Waals surface area contributed by atoms with Gasteiger partial charge in [-0.3, -0.25) is 0 Å². The minimum Gasteiger partial charge on any atom is -0.464 e. The molecule has 0 aliphatic heterocycles. The summed E-state index contributed by atoms with van der Waals surface area (Å²) < 4.78 is 30.9. The van der Waals surface area contributed by atoms with E-state index in [9.17, 15) is 8.78 Å². The van der Waals surface area contributed by atoms with Gasteiger partial charge in [0.2, 0.25) is 11.9 Å². The molecule has 0 saturated carbocycles. The standard InChI is InChI=1S/C10H17F2N5O2/c1-3-13-7-15-8(14-5-10(11,12)6-18)17-9(16-7)19-4-2/h18H,3-6H2,1-2H3,(H2,13,14,15,16,17). The Labute approximate surface area is 109 Å². The van der Waals surface area contributed by atoms with Crippen LogP contribution >= 0.6 is 0 Å². The van der Waals surface area contributed by atoms with Crippen LogP contribution in [0.4, 0.5) is 20.7 Å². The maximum Gasteiger partial charge on any atom is 0.323 e. The molecule has 9 heteroatoms. The summed E-state index contributed by atoms with van der Waals surface area (Å²) in [5.41, 5.74) is 0. The highest BCUT2D eigenvalue weighted by Crippen LogP contribution is 2.15. The fourth-order valence-electron chi connectivity index (χ4n) is 1.13. The highest BCUT2D eigenvalue weighted by atomic mass is 19.3. The van der Waals surface area contributed by atoms with Gasteiger partial charge in [0.05, 0.1) is 13.2 Å². The number of anilines is 2. The van der Waals surface area contributed by atoms with Gasteiger partial charge in [-0.15, -0.1) is 0 Å². The number of aliphatic hydroxyl groups is 1. The minimum atomic E-state index is -3.24. The fraction of sp³-hybridized carbons (Fsp3) is 0.700. The summed E-state index contributed by atoms with van der Waals surface area (Å²) in [5.74, 6) is -3.05. The smallest absolute Gasteiger partial charge is 0.323 e. The Kier molecular flexibility index (Phi) is 5.61. The molecule has 0 radical (unpaired) electrons. The van der Waals surface area contributed by atoms with Gasteiger partial charge in [0.1, 0.15) is 6.61 Å². The number of hydrogen-bond donors (Lipinski definition) is 3. The molecule has 1 aromatic rings. The van der Waals surface area contributed by atoms with E-state index in [1.807, 2.05) is 6.92 Å². The molecule has 7 nitrogen and oxygen atoms in total. The summed E-state index contributed by atoms with van der Waals surface area (Å²) in [5, 5.41) is 13.6. The number of rotatable bonds is 8. The first-order chi connectivity index (χ1) is 9.00. The molecule has 3 N–H and O–H groups in total. The van der Waals surface area contributed by atoms with Crippen molar-refractivity contribution < 1.29 is 18.6 Å². The molecule has 108 valence electrons. The van der Waals surface area contributed by atoms with Crippen LogP contribution in [0.15, 0.2) is 0 Å². The third-order valence-electron chi connectivity index (χ3n) is 1.96. The van der Waals surface area contributed by atoms with Crippen molar-refractivity contribution in [3.8, 4) is 6.01 Å². The van der Waals surface area contributed by atoms with Crippen molar-refractivity contribution in [3.63, 3.8) is 0 Å². The van der Waals surface area contributed by atoms with Crippen molar-refractivity contribution in [1.82, 2.24) is 15.0 Å². The second-order valence-corrected chi connectivity index (χ2v) is 3.60. The van der Waals surface area contributed by atoms with E-state index in [1.165, 1.54) is 0 Å². The second kappa shape index (κ2) is 6.98. The van der Waals surface area contributed by atoms with Crippen LogP contribution in [-0.4, -0.2) is 52.3 Å². The Morgan fingerprint density at radius 1 is 1.16 bits per heavy atom. The van der Waals surface area contributed by atoms with E-state index < -0.39 is 19.1 Å². The number of hydrogen-bond acceptors (Lipinski definition) is 7. The monoisotopic (exact) mass is 277 g/mol. The van der Waals surface area contributed by atoms with Crippen molar-refractivity contribution in [1.29, 1.82) is 0 Å². The Balaban J connectivity index is 2.80. The van der Waals surface area contributed by atoms with Gasteiger partial charge >= 0.3 is 6.01 Å². The summed E-state index contributed by atoms with van der Waals surface area (Å²) in [6.45, 7) is 2.50. The molecule has 0 atom stereocenters. The number of aromatic nitrogens is 3. The molecule has 0 saturated heterocycles. The molecule has 0 amide bonds. The predicted molar refractivity (Wildman–Crippen MR) is 65.7 cm³/mol. The maximum atomic E-state index is 12.9. The van der Waals surface area contributed by atoms with E-state index in [2.05, 4.69) is 25.6 Å². The zero-order valence-corrected chi connectivity index (χ0v) is 10.8. The highest BCUT2D eigenvalue weighted by Gasteiger charge is 2.27. The number of nitrogens with zero attached hydrogens (tertiary/aromatic N) is 3. The lowest BCUT2D eigenvalue weighted by Crippen LogP contribution is -2.31. The predicted octanol–water partition coefficient (Wildman–Crippen LogP) is 0.742. The van der Waals surface area contributed by atoms with Gasteiger partial charge in [-0.05, 0) is 13.8 Å². The van der Waals surface area contributed by atoms with Gasteiger partial charge in [-0.25, -0.2) is 8.78 Å². The normalized spacial score (nSPS) is 11.2. The van der Waals surface area contributed by atoms with Crippen LogP contribution in [-0.2, 0) is 0 Å². The molecule has 0 unspecified atom stereocenters. The van der Waals surface area contributed by atoms with Crippen LogP contribution in [0.25, 0.3) is 0 Å². The van der Waals surface area contributed by atoms with Crippen LogP contribution in [0.3, 0.4) is 0 Å². The molecule has 0 spiro atoms. The van der Waals surface area contributed by atoms with E-state index in [1.54, 1.807) is 6.92 Å². The Morgan fingerprint density at radius 3 is 2.32 bits per heavy atom. The number of halogens is 2. The lowest BCUT2D eigenvalue weighted by molar-refractivity contribution is -0.0374. The van der Waals surface area contributed by atoms with Crippen LogP contribution in [0.5, 0.6) is 6.01 Å². The van der Waals surface area contributed by atoms with Gasteiger partial charge in [-0.2, -0.15) is 15.0 Å². The average molecular weight is 277 g/mol. The molecule has 0 bridgehead atoms. The van der Waals surface area contributed by atoms with Crippen LogP contribution in [0.1, 0.15) is 13.8 Å². The lowest BCUT2D eigenvalue weighted by atomic mass is 10.3. The molecular weight excluding hydrogens is 260 g/mol. The van der Waals surface area contributed by atoms with E-state index in [4.69, 9.17) is 9.84 Å². The molecule has 19 heavy (non-hydrogen) atoms. The Morgan fingerprint density at radius 2 is 1.79 bits per heavy atom. The molecule has 1 aromatic heterocycles. The molecule has 0 fully saturated rings. The van der Waals surface area contributed by atoms with Crippen molar-refractivity contribution in [2.75, 3.05) is 36.9 Å². The minimum absolute atomic E-state index is 0.0393. The molecular formula is C10H17F2N5O2. The molecule has 1 heterocycles. The van der Waals surface area contributed by atoms with Crippen molar-refractivity contribution in [3.05, 3.63) is 0 Å². The third-order valence-corrected chi connectivity index (χ3v) is 1.96. The maximum absolute atomic E-state index is 12.9.